The second kappa shape index (κ2) is 4.63. The second-order valence-electron chi connectivity index (χ2n) is 4.65. The van der Waals surface area contributed by atoms with Gasteiger partial charge in [0.05, 0.1) is 18.8 Å². The number of fused-ring (bicyclic) bond motifs is 1. The number of hydrogen-bond acceptors (Lipinski definition) is 6. The van der Waals surface area contributed by atoms with Crippen molar-refractivity contribution in [3.8, 4) is 0 Å². The molecule has 0 bridgehead atoms. The molecule has 0 amide bonds. The smallest absolute Gasteiger partial charge is 0.364 e. The Labute approximate surface area is 108 Å². The Morgan fingerprint density at radius 1 is 1.53 bits per heavy atom. The van der Waals surface area contributed by atoms with E-state index in [1.807, 2.05) is 17.9 Å². The first-order valence-corrected chi connectivity index (χ1v) is 6.13. The lowest BCUT2D eigenvalue weighted by Gasteiger charge is -2.36. The van der Waals surface area contributed by atoms with Crippen LogP contribution in [0.25, 0.3) is 5.65 Å². The Kier molecular flexibility index (Phi) is 2.96. The van der Waals surface area contributed by atoms with E-state index < -0.39 is 0 Å². The summed E-state index contributed by atoms with van der Waals surface area (Å²) in [7, 11) is 0. The van der Waals surface area contributed by atoms with Crippen molar-refractivity contribution in [1.29, 1.82) is 0 Å². The molecule has 2 atom stereocenters. The minimum atomic E-state index is -0.364. The normalized spacial score (nSPS) is 24.0. The van der Waals surface area contributed by atoms with Crippen molar-refractivity contribution in [2.45, 2.75) is 19.1 Å². The lowest BCUT2D eigenvalue weighted by molar-refractivity contribution is -0.0423. The van der Waals surface area contributed by atoms with Crippen LogP contribution in [0.15, 0.2) is 16.9 Å². The Bertz CT molecular complexity index is 637. The predicted octanol–water partition coefficient (Wildman–Crippen LogP) is -0.996. The van der Waals surface area contributed by atoms with Gasteiger partial charge in [0, 0.05) is 13.1 Å². The van der Waals surface area contributed by atoms with E-state index in [1.165, 1.54) is 4.52 Å². The molecular weight excluding hydrogens is 250 g/mol. The molecule has 1 saturated heterocycles. The Hall–Kier alpha value is -1.93. The van der Waals surface area contributed by atoms with Crippen molar-refractivity contribution in [2.24, 2.45) is 0 Å². The zero-order valence-electron chi connectivity index (χ0n) is 10.5. The topological polar surface area (TPSA) is 95.8 Å². The van der Waals surface area contributed by atoms with Crippen LogP contribution in [0.3, 0.4) is 0 Å². The average molecular weight is 265 g/mol. The molecule has 0 saturated carbocycles. The van der Waals surface area contributed by atoms with Gasteiger partial charge in [-0.05, 0) is 19.1 Å². The number of morpholine rings is 1. The van der Waals surface area contributed by atoms with Gasteiger partial charge in [-0.3, -0.25) is 0 Å². The summed E-state index contributed by atoms with van der Waals surface area (Å²) in [6.45, 7) is 3.12. The quantitative estimate of drug-likeness (QED) is 0.723. The van der Waals surface area contributed by atoms with Crippen molar-refractivity contribution in [1.82, 2.24) is 19.8 Å². The molecule has 8 heteroatoms. The highest BCUT2D eigenvalue weighted by Crippen LogP contribution is 2.17. The maximum atomic E-state index is 11.5. The molecule has 19 heavy (non-hydrogen) atoms. The lowest BCUT2D eigenvalue weighted by atomic mass is 10.2. The maximum absolute atomic E-state index is 11.5. The summed E-state index contributed by atoms with van der Waals surface area (Å²) in [5.74, 6) is 0.671. The van der Waals surface area contributed by atoms with E-state index in [-0.39, 0.29) is 24.5 Å². The van der Waals surface area contributed by atoms with E-state index in [0.717, 1.165) is 0 Å². The molecular formula is C11H15N5O3. The van der Waals surface area contributed by atoms with Crippen LogP contribution >= 0.6 is 0 Å². The third-order valence-electron chi connectivity index (χ3n) is 3.11. The van der Waals surface area contributed by atoms with Crippen molar-refractivity contribution in [2.75, 3.05) is 24.6 Å². The molecule has 0 spiro atoms. The number of rotatable bonds is 2. The van der Waals surface area contributed by atoms with Gasteiger partial charge in [0.25, 0.3) is 0 Å². The molecule has 2 aromatic rings. The number of nitrogens with one attached hydrogen (secondary N) is 1. The van der Waals surface area contributed by atoms with Crippen LogP contribution in [0.5, 0.6) is 0 Å². The highest BCUT2D eigenvalue weighted by molar-refractivity contribution is 5.45. The third-order valence-corrected chi connectivity index (χ3v) is 3.11. The van der Waals surface area contributed by atoms with Crippen LogP contribution in [0.4, 0.5) is 5.82 Å². The molecule has 3 heterocycles. The van der Waals surface area contributed by atoms with Gasteiger partial charge in [-0.15, -0.1) is 5.10 Å². The second-order valence-corrected chi connectivity index (χ2v) is 4.65. The fourth-order valence-corrected chi connectivity index (χ4v) is 2.30. The Morgan fingerprint density at radius 3 is 3.16 bits per heavy atom. The molecule has 0 radical (unpaired) electrons. The molecule has 3 rings (SSSR count). The Balaban J connectivity index is 1.94. The van der Waals surface area contributed by atoms with Gasteiger partial charge >= 0.3 is 5.69 Å². The summed E-state index contributed by atoms with van der Waals surface area (Å²) in [6.07, 6.45) is -0.230. The summed E-state index contributed by atoms with van der Waals surface area (Å²) in [6, 6.07) is 3.54. The molecule has 0 aromatic carbocycles. The largest absolute Gasteiger partial charge is 0.394 e. The van der Waals surface area contributed by atoms with Crippen LogP contribution in [0.2, 0.25) is 0 Å². The molecule has 2 aromatic heterocycles. The van der Waals surface area contributed by atoms with Crippen molar-refractivity contribution >= 4 is 11.5 Å². The van der Waals surface area contributed by atoms with Crippen LogP contribution < -0.4 is 10.6 Å². The van der Waals surface area contributed by atoms with Crippen LogP contribution in [0.1, 0.15) is 6.92 Å². The number of aliphatic hydroxyl groups excluding tert-OH is 1. The SMILES string of the molecule is CC1CN(c2ccc3n[nH]c(=O)n3n2)CC(CO)O1. The number of aromatic amines is 1. The zero-order valence-corrected chi connectivity index (χ0v) is 10.5. The van der Waals surface area contributed by atoms with Gasteiger partial charge in [-0.2, -0.15) is 9.61 Å². The van der Waals surface area contributed by atoms with E-state index in [0.29, 0.717) is 24.6 Å². The first kappa shape index (κ1) is 12.1. The van der Waals surface area contributed by atoms with Gasteiger partial charge < -0.3 is 14.7 Å². The summed E-state index contributed by atoms with van der Waals surface area (Å²) in [4.78, 5) is 13.5. The maximum Gasteiger partial charge on any atom is 0.364 e. The fourth-order valence-electron chi connectivity index (χ4n) is 2.30. The molecule has 8 nitrogen and oxygen atoms in total. The van der Waals surface area contributed by atoms with Gasteiger partial charge in [0.15, 0.2) is 5.65 Å². The van der Waals surface area contributed by atoms with E-state index in [9.17, 15) is 9.90 Å². The molecule has 2 unspecified atom stereocenters. The number of hydrogen-bond donors (Lipinski definition) is 2. The van der Waals surface area contributed by atoms with Crippen LogP contribution in [-0.4, -0.2) is 56.8 Å². The van der Waals surface area contributed by atoms with Gasteiger partial charge in [0.2, 0.25) is 0 Å². The van der Waals surface area contributed by atoms with E-state index in [2.05, 4.69) is 15.3 Å². The average Bonchev–Trinajstić information content (AvgIpc) is 2.79. The molecule has 0 aliphatic carbocycles. The number of H-pyrrole nitrogens is 1. The van der Waals surface area contributed by atoms with Crippen LogP contribution in [0, 0.1) is 0 Å². The number of anilines is 1. The standard InChI is InChI=1S/C11H15N5O3/c1-7-4-15(5-8(6-17)19-7)10-3-2-9-12-13-11(18)16(9)14-10/h2-3,7-8,17H,4-6H2,1H3,(H,13,18). The minimum Gasteiger partial charge on any atom is -0.394 e. The highest BCUT2D eigenvalue weighted by atomic mass is 16.5. The fraction of sp³-hybridized carbons (Fsp3) is 0.545. The predicted molar refractivity (Wildman–Crippen MR) is 67.2 cm³/mol. The monoisotopic (exact) mass is 265 g/mol. The minimum absolute atomic E-state index is 0.00414. The highest BCUT2D eigenvalue weighted by Gasteiger charge is 2.25. The molecule has 102 valence electrons. The first-order valence-electron chi connectivity index (χ1n) is 6.13. The number of nitrogens with zero attached hydrogens (tertiary/aromatic N) is 4. The third kappa shape index (κ3) is 2.20. The molecule has 1 aliphatic rings. The van der Waals surface area contributed by atoms with Gasteiger partial charge in [0.1, 0.15) is 5.82 Å². The summed E-state index contributed by atoms with van der Waals surface area (Å²) in [5.41, 5.74) is 0.116. The van der Waals surface area contributed by atoms with Gasteiger partial charge in [-0.25, -0.2) is 9.89 Å². The van der Waals surface area contributed by atoms with Crippen LogP contribution in [-0.2, 0) is 4.74 Å². The molecule has 2 N–H and O–H groups in total. The van der Waals surface area contributed by atoms with Gasteiger partial charge in [-0.1, -0.05) is 0 Å². The number of aromatic nitrogens is 4. The van der Waals surface area contributed by atoms with Crippen molar-refractivity contribution in [3.05, 3.63) is 22.6 Å². The summed E-state index contributed by atoms with van der Waals surface area (Å²) < 4.78 is 6.80. The molecule has 1 fully saturated rings. The van der Waals surface area contributed by atoms with Crippen molar-refractivity contribution < 1.29 is 9.84 Å². The lowest BCUT2D eigenvalue weighted by Crippen LogP contribution is -2.48. The van der Waals surface area contributed by atoms with Crippen molar-refractivity contribution in [3.63, 3.8) is 0 Å². The number of ether oxygens (including phenoxy) is 1. The van der Waals surface area contributed by atoms with E-state index in [4.69, 9.17) is 4.74 Å². The van der Waals surface area contributed by atoms with E-state index >= 15 is 0 Å². The van der Waals surface area contributed by atoms with E-state index in [1.54, 1.807) is 6.07 Å². The molecule has 1 aliphatic heterocycles. The summed E-state index contributed by atoms with van der Waals surface area (Å²) in [5, 5.41) is 19.7. The summed E-state index contributed by atoms with van der Waals surface area (Å²) >= 11 is 0. The first-order chi connectivity index (χ1) is 9.17. The zero-order chi connectivity index (χ0) is 13.4. The Morgan fingerprint density at radius 2 is 2.37 bits per heavy atom. The number of aliphatic hydroxyl groups is 1.